The Morgan fingerprint density at radius 2 is 1.78 bits per heavy atom. The summed E-state index contributed by atoms with van der Waals surface area (Å²) in [6, 6.07) is 5.67. The van der Waals surface area contributed by atoms with Crippen molar-refractivity contribution in [3.8, 4) is 10.4 Å². The third kappa shape index (κ3) is 7.42. The Morgan fingerprint density at radius 3 is 2.32 bits per heavy atom. The van der Waals surface area contributed by atoms with Crippen LogP contribution in [0.1, 0.15) is 53.7 Å². The molecule has 202 valence electrons. The monoisotopic (exact) mass is 531 g/mol. The Balaban J connectivity index is 1.68. The van der Waals surface area contributed by atoms with Crippen molar-refractivity contribution in [2.45, 2.75) is 78.7 Å². The van der Waals surface area contributed by atoms with Gasteiger partial charge in [0.25, 0.3) is 5.91 Å². The molecule has 1 fully saturated rings. The van der Waals surface area contributed by atoms with Crippen LogP contribution in [0.5, 0.6) is 0 Å². The van der Waals surface area contributed by atoms with Crippen LogP contribution >= 0.6 is 11.3 Å². The van der Waals surface area contributed by atoms with E-state index in [2.05, 4.69) is 21.2 Å². The van der Waals surface area contributed by atoms with Crippen molar-refractivity contribution >= 4 is 34.9 Å². The van der Waals surface area contributed by atoms with Gasteiger partial charge in [0.05, 0.1) is 27.9 Å². The first-order valence-corrected chi connectivity index (χ1v) is 13.1. The van der Waals surface area contributed by atoms with Crippen LogP contribution in [0, 0.1) is 12.3 Å². The molecule has 0 spiro atoms. The van der Waals surface area contributed by atoms with Crippen LogP contribution in [0.3, 0.4) is 0 Å². The number of rotatable bonds is 6. The van der Waals surface area contributed by atoms with Crippen LogP contribution in [0.15, 0.2) is 29.8 Å². The van der Waals surface area contributed by atoms with Gasteiger partial charge in [-0.2, -0.15) is 0 Å². The molecule has 3 atom stereocenters. The minimum atomic E-state index is -0.960. The van der Waals surface area contributed by atoms with Crippen LogP contribution in [-0.4, -0.2) is 63.2 Å². The number of alkyl carbamates (subject to hydrolysis) is 1. The molecular weight excluding hydrogens is 494 g/mol. The number of hydrogen-bond acceptors (Lipinski definition) is 8. The van der Waals surface area contributed by atoms with Gasteiger partial charge in [-0.05, 0) is 50.8 Å². The number of hydrogen-bond donors (Lipinski definition) is 4. The molecule has 37 heavy (non-hydrogen) atoms. The fourth-order valence-electron chi connectivity index (χ4n) is 4.05. The van der Waals surface area contributed by atoms with Crippen LogP contribution in [-0.2, 0) is 14.3 Å². The Hall–Kier alpha value is -3.18. The molecule has 11 heteroatoms. The van der Waals surface area contributed by atoms with Crippen molar-refractivity contribution in [1.82, 2.24) is 20.6 Å². The Labute approximate surface area is 221 Å². The molecule has 1 aliphatic heterocycles. The third-order valence-electron chi connectivity index (χ3n) is 5.86. The van der Waals surface area contributed by atoms with Crippen molar-refractivity contribution in [2.24, 2.45) is 5.41 Å². The minimum absolute atomic E-state index is 0.0115. The topological polar surface area (TPSA) is 133 Å². The fourth-order valence-corrected chi connectivity index (χ4v) is 4.86. The summed E-state index contributed by atoms with van der Waals surface area (Å²) in [5.74, 6) is -0.920. The number of anilines is 1. The number of thiazole rings is 1. The van der Waals surface area contributed by atoms with Crippen molar-refractivity contribution in [2.75, 3.05) is 12.0 Å². The van der Waals surface area contributed by atoms with Crippen molar-refractivity contribution < 1.29 is 24.2 Å². The Bertz CT molecular complexity index is 1120. The van der Waals surface area contributed by atoms with Crippen LogP contribution < -0.4 is 16.2 Å². The predicted octanol–water partition coefficient (Wildman–Crippen LogP) is 3.46. The molecule has 0 saturated carbocycles. The summed E-state index contributed by atoms with van der Waals surface area (Å²) < 4.78 is 5.34. The third-order valence-corrected chi connectivity index (χ3v) is 6.84. The van der Waals surface area contributed by atoms with Crippen LogP contribution in [0.25, 0.3) is 10.4 Å². The highest BCUT2D eigenvalue weighted by molar-refractivity contribution is 7.13. The first-order chi connectivity index (χ1) is 17.2. The number of aliphatic hydroxyl groups is 1. The highest BCUT2D eigenvalue weighted by Gasteiger charge is 2.45. The van der Waals surface area contributed by atoms with Crippen molar-refractivity contribution in [3.63, 3.8) is 0 Å². The zero-order valence-electron chi connectivity index (χ0n) is 22.4. The van der Waals surface area contributed by atoms with Gasteiger partial charge in [0.1, 0.15) is 17.7 Å². The maximum absolute atomic E-state index is 13.5. The van der Waals surface area contributed by atoms with Gasteiger partial charge in [-0.25, -0.2) is 9.78 Å². The second-order valence-electron chi connectivity index (χ2n) is 11.3. The van der Waals surface area contributed by atoms with E-state index >= 15 is 0 Å². The highest BCUT2D eigenvalue weighted by Crippen LogP contribution is 2.29. The molecule has 1 aromatic heterocycles. The number of carbonyl (C=O) groups is 3. The van der Waals surface area contributed by atoms with E-state index in [0.717, 1.165) is 16.1 Å². The van der Waals surface area contributed by atoms with E-state index in [1.54, 1.807) is 37.6 Å². The summed E-state index contributed by atoms with van der Waals surface area (Å²) in [6.07, 6.45) is -1.49. The second-order valence-corrected chi connectivity index (χ2v) is 12.2. The fraction of sp³-hybridized carbons (Fsp3) is 0.538. The number of amides is 3. The second kappa shape index (κ2) is 11.1. The van der Waals surface area contributed by atoms with Gasteiger partial charge in [-0.15, -0.1) is 11.3 Å². The number of likely N-dealkylation sites (tertiary alicyclic amines) is 1. The first-order valence-electron chi connectivity index (χ1n) is 12.2. The first kappa shape index (κ1) is 28.4. The molecule has 3 amide bonds. The van der Waals surface area contributed by atoms with E-state index in [-0.39, 0.29) is 13.0 Å². The van der Waals surface area contributed by atoms with E-state index < -0.39 is 47.1 Å². The average Bonchev–Trinajstić information content (AvgIpc) is 3.39. The Kier molecular flexibility index (Phi) is 8.49. The molecule has 2 heterocycles. The lowest BCUT2D eigenvalue weighted by Gasteiger charge is -2.35. The average molecular weight is 532 g/mol. The summed E-state index contributed by atoms with van der Waals surface area (Å²) in [4.78, 5) is 45.7. The number of hydrazine groups is 1. The molecule has 1 saturated heterocycles. The van der Waals surface area contributed by atoms with Gasteiger partial charge in [0.2, 0.25) is 5.91 Å². The zero-order chi connectivity index (χ0) is 27.5. The van der Waals surface area contributed by atoms with Gasteiger partial charge in [0, 0.05) is 13.0 Å². The number of nitrogens with one attached hydrogen (secondary N) is 3. The lowest BCUT2D eigenvalue weighted by Crippen LogP contribution is -2.58. The molecular formula is C26H37N5O5S. The summed E-state index contributed by atoms with van der Waals surface area (Å²) in [5.41, 5.74) is 8.57. The summed E-state index contributed by atoms with van der Waals surface area (Å²) in [5, 5.41) is 13.0. The minimum Gasteiger partial charge on any atom is -0.444 e. The maximum atomic E-state index is 13.5. The highest BCUT2D eigenvalue weighted by atomic mass is 32.1. The molecule has 0 unspecified atom stereocenters. The number of aliphatic hydroxyl groups excluding tert-OH is 1. The number of β-amino-alcohol motifs (C(OH)–C–C–N with tert-alkyl or cyclic N) is 1. The van der Waals surface area contributed by atoms with Gasteiger partial charge >= 0.3 is 6.09 Å². The smallest absolute Gasteiger partial charge is 0.408 e. The molecule has 0 aliphatic carbocycles. The maximum Gasteiger partial charge on any atom is 0.408 e. The number of carbonyl (C=O) groups excluding carboxylic acids is 3. The number of aromatic nitrogens is 1. The quantitative estimate of drug-likeness (QED) is 0.420. The summed E-state index contributed by atoms with van der Waals surface area (Å²) in [6.45, 7) is 12.6. The lowest BCUT2D eigenvalue weighted by molar-refractivity contribution is -0.142. The standard InChI is InChI=1S/C26H37N5O5S/c1-15-20(37-14-27-15)16-8-10-17(11-9-16)29-30-22(33)19-12-18(32)13-31(19)23(34)21(25(2,3)4)28-24(35)36-26(5,6)7/h8-11,14,18-19,21,29,32H,12-13H2,1-7H3,(H,28,35)(H,30,33)/t18-,19+,21-/m1/s1. The molecule has 10 nitrogen and oxygen atoms in total. The van der Waals surface area contributed by atoms with E-state index in [4.69, 9.17) is 4.74 Å². The molecule has 3 rings (SSSR count). The normalized spacial score (nSPS) is 18.8. The summed E-state index contributed by atoms with van der Waals surface area (Å²) in [7, 11) is 0. The summed E-state index contributed by atoms with van der Waals surface area (Å²) >= 11 is 1.56. The van der Waals surface area contributed by atoms with E-state index in [0.29, 0.717) is 5.69 Å². The number of ether oxygens (including phenoxy) is 1. The van der Waals surface area contributed by atoms with Gasteiger partial charge in [0.15, 0.2) is 0 Å². The predicted molar refractivity (Wildman–Crippen MR) is 143 cm³/mol. The number of benzene rings is 1. The molecule has 1 aromatic carbocycles. The van der Waals surface area contributed by atoms with E-state index in [9.17, 15) is 19.5 Å². The molecule has 2 aromatic rings. The largest absolute Gasteiger partial charge is 0.444 e. The number of aryl methyl sites for hydroxylation is 1. The van der Waals surface area contributed by atoms with Crippen molar-refractivity contribution in [1.29, 1.82) is 0 Å². The van der Waals surface area contributed by atoms with E-state index in [1.807, 2.05) is 52.0 Å². The SMILES string of the molecule is Cc1ncsc1-c1ccc(NNC(=O)[C@@H]2C[C@@H](O)CN2C(=O)[C@@H](NC(=O)OC(C)(C)C)C(C)(C)C)cc1. The van der Waals surface area contributed by atoms with Crippen molar-refractivity contribution in [3.05, 3.63) is 35.5 Å². The van der Waals surface area contributed by atoms with Crippen LogP contribution in [0.2, 0.25) is 0 Å². The molecule has 0 radical (unpaired) electrons. The van der Waals surface area contributed by atoms with Crippen LogP contribution in [0.4, 0.5) is 10.5 Å². The van der Waals surface area contributed by atoms with Gasteiger partial charge in [-0.1, -0.05) is 32.9 Å². The molecule has 4 N–H and O–H groups in total. The number of nitrogens with zero attached hydrogens (tertiary/aromatic N) is 2. The Morgan fingerprint density at radius 1 is 1.14 bits per heavy atom. The molecule has 0 bridgehead atoms. The zero-order valence-corrected chi connectivity index (χ0v) is 23.2. The van der Waals surface area contributed by atoms with Gasteiger partial charge < -0.3 is 20.1 Å². The van der Waals surface area contributed by atoms with E-state index in [1.165, 1.54) is 4.90 Å². The molecule has 1 aliphatic rings. The lowest BCUT2D eigenvalue weighted by atomic mass is 9.85. The van der Waals surface area contributed by atoms with Gasteiger partial charge in [-0.3, -0.25) is 20.4 Å².